The minimum atomic E-state index is -3.29. The van der Waals surface area contributed by atoms with E-state index in [4.69, 9.17) is 10.6 Å². The van der Waals surface area contributed by atoms with Crippen LogP contribution in [0.15, 0.2) is 0 Å². The Hall–Kier alpha value is -1.72. The number of hydrazine groups is 1. The molecule has 10 nitrogen and oxygen atoms in total. The van der Waals surface area contributed by atoms with Crippen LogP contribution in [0.2, 0.25) is 0 Å². The first-order chi connectivity index (χ1) is 9.00. The summed E-state index contributed by atoms with van der Waals surface area (Å²) in [6.45, 7) is 2.21. The van der Waals surface area contributed by atoms with Crippen molar-refractivity contribution in [3.8, 4) is 6.01 Å². The number of ether oxygens (including phenoxy) is 1. The highest BCUT2D eigenvalue weighted by atomic mass is 32.2. The first-order valence-corrected chi connectivity index (χ1v) is 7.14. The van der Waals surface area contributed by atoms with Crippen LogP contribution in [0.1, 0.15) is 6.92 Å². The Morgan fingerprint density at radius 1 is 1.26 bits per heavy atom. The number of hydrogen-bond acceptors (Lipinski definition) is 9. The molecule has 1 rings (SSSR count). The number of aromatic nitrogens is 3. The summed E-state index contributed by atoms with van der Waals surface area (Å²) in [7, 11) is -1.89. The van der Waals surface area contributed by atoms with Gasteiger partial charge in [0.25, 0.3) is 0 Å². The summed E-state index contributed by atoms with van der Waals surface area (Å²) >= 11 is 0. The molecule has 1 aromatic rings. The molecule has 5 N–H and O–H groups in total. The lowest BCUT2D eigenvalue weighted by atomic mass is 10.7. The van der Waals surface area contributed by atoms with Crippen molar-refractivity contribution in [3.05, 3.63) is 0 Å². The predicted octanol–water partition coefficient (Wildman–Crippen LogP) is -1.48. The Bertz CT molecular complexity index is 485. The SMILES string of the molecule is CCNS(=O)(=O)CCNc1nc(NN)nc(OC)n1. The quantitative estimate of drug-likeness (QED) is 0.332. The molecule has 0 unspecified atom stereocenters. The smallest absolute Gasteiger partial charge is 0.322 e. The van der Waals surface area contributed by atoms with Gasteiger partial charge in [0.1, 0.15) is 0 Å². The average Bonchev–Trinajstić information content (AvgIpc) is 2.37. The van der Waals surface area contributed by atoms with Gasteiger partial charge in [-0.25, -0.2) is 19.0 Å². The molecule has 0 saturated carbocycles. The van der Waals surface area contributed by atoms with E-state index in [1.165, 1.54) is 7.11 Å². The number of sulfonamides is 1. The second-order valence-electron chi connectivity index (χ2n) is 3.36. The van der Waals surface area contributed by atoms with Crippen LogP contribution in [-0.4, -0.2) is 49.3 Å². The summed E-state index contributed by atoms with van der Waals surface area (Å²) in [5, 5.41) is 2.75. The van der Waals surface area contributed by atoms with E-state index in [1.807, 2.05) is 0 Å². The first kappa shape index (κ1) is 15.3. The minimum Gasteiger partial charge on any atom is -0.467 e. The summed E-state index contributed by atoms with van der Waals surface area (Å²) in [5.74, 6) is 5.38. The van der Waals surface area contributed by atoms with Crippen molar-refractivity contribution < 1.29 is 13.2 Å². The third-order valence-electron chi connectivity index (χ3n) is 1.94. The molecular formula is C8H17N7O3S. The van der Waals surface area contributed by atoms with Gasteiger partial charge in [0.15, 0.2) is 0 Å². The van der Waals surface area contributed by atoms with Gasteiger partial charge in [-0.3, -0.25) is 5.43 Å². The normalized spacial score (nSPS) is 11.1. The van der Waals surface area contributed by atoms with Crippen LogP contribution < -0.4 is 26.0 Å². The zero-order valence-electron chi connectivity index (χ0n) is 10.7. The zero-order chi connectivity index (χ0) is 14.3. The summed E-state index contributed by atoms with van der Waals surface area (Å²) in [5.41, 5.74) is 2.26. The van der Waals surface area contributed by atoms with Gasteiger partial charge in [-0.05, 0) is 0 Å². The van der Waals surface area contributed by atoms with Crippen molar-refractivity contribution in [2.45, 2.75) is 6.92 Å². The molecule has 0 amide bonds. The number of nitrogens with one attached hydrogen (secondary N) is 3. The van der Waals surface area contributed by atoms with Crippen LogP contribution in [0.5, 0.6) is 6.01 Å². The van der Waals surface area contributed by atoms with Crippen LogP contribution in [0.3, 0.4) is 0 Å². The molecule has 19 heavy (non-hydrogen) atoms. The van der Waals surface area contributed by atoms with Gasteiger partial charge < -0.3 is 10.1 Å². The number of methoxy groups -OCH3 is 1. The Balaban J connectivity index is 2.62. The lowest BCUT2D eigenvalue weighted by molar-refractivity contribution is 0.379. The molecule has 0 spiro atoms. The molecule has 0 atom stereocenters. The van der Waals surface area contributed by atoms with Gasteiger partial charge in [-0.15, -0.1) is 0 Å². The Morgan fingerprint density at radius 3 is 2.53 bits per heavy atom. The maximum absolute atomic E-state index is 11.4. The second-order valence-corrected chi connectivity index (χ2v) is 5.28. The van der Waals surface area contributed by atoms with Crippen molar-refractivity contribution in [1.82, 2.24) is 19.7 Å². The molecule has 1 aromatic heterocycles. The van der Waals surface area contributed by atoms with E-state index in [0.29, 0.717) is 6.54 Å². The Morgan fingerprint density at radius 2 is 1.95 bits per heavy atom. The van der Waals surface area contributed by atoms with Gasteiger partial charge in [-0.2, -0.15) is 15.0 Å². The molecular weight excluding hydrogens is 274 g/mol. The summed E-state index contributed by atoms with van der Waals surface area (Å²) < 4.78 is 30.0. The molecule has 0 radical (unpaired) electrons. The molecule has 1 heterocycles. The minimum absolute atomic E-state index is 0.0694. The van der Waals surface area contributed by atoms with Gasteiger partial charge >= 0.3 is 6.01 Å². The standard InChI is InChI=1S/C8H17N7O3S/c1-3-11-19(16,17)5-4-10-6-12-7(15-9)14-8(13-6)18-2/h11H,3-5,9H2,1-2H3,(H2,10,12,13,14,15). The zero-order valence-corrected chi connectivity index (χ0v) is 11.5. The van der Waals surface area contributed by atoms with E-state index in [1.54, 1.807) is 6.92 Å². The summed E-state index contributed by atoms with van der Waals surface area (Å²) in [6.07, 6.45) is 0. The molecule has 0 fully saturated rings. The maximum atomic E-state index is 11.4. The van der Waals surface area contributed by atoms with E-state index in [2.05, 4.69) is 30.4 Å². The van der Waals surface area contributed by atoms with E-state index < -0.39 is 10.0 Å². The fraction of sp³-hybridized carbons (Fsp3) is 0.625. The monoisotopic (exact) mass is 291 g/mol. The largest absolute Gasteiger partial charge is 0.467 e. The van der Waals surface area contributed by atoms with Crippen LogP contribution in [0.25, 0.3) is 0 Å². The van der Waals surface area contributed by atoms with Gasteiger partial charge in [0.05, 0.1) is 12.9 Å². The highest BCUT2D eigenvalue weighted by Crippen LogP contribution is 2.09. The Kier molecular flexibility index (Phi) is 5.66. The van der Waals surface area contributed by atoms with Gasteiger partial charge in [0.2, 0.25) is 21.9 Å². The van der Waals surface area contributed by atoms with Crippen molar-refractivity contribution in [1.29, 1.82) is 0 Å². The number of nitrogen functional groups attached to an aromatic ring is 1. The number of nitrogens with two attached hydrogens (primary N) is 1. The lowest BCUT2D eigenvalue weighted by Gasteiger charge is -2.08. The van der Waals surface area contributed by atoms with Gasteiger partial charge in [0, 0.05) is 13.1 Å². The molecule has 0 aliphatic rings. The van der Waals surface area contributed by atoms with Crippen LogP contribution in [-0.2, 0) is 10.0 Å². The fourth-order valence-electron chi connectivity index (χ4n) is 1.18. The van der Waals surface area contributed by atoms with Crippen molar-refractivity contribution in [2.75, 3.05) is 36.7 Å². The average molecular weight is 291 g/mol. The lowest BCUT2D eigenvalue weighted by Crippen LogP contribution is -2.29. The topological polar surface area (TPSA) is 144 Å². The molecule has 11 heteroatoms. The third kappa shape index (κ3) is 5.19. The van der Waals surface area contributed by atoms with E-state index in [9.17, 15) is 8.42 Å². The Labute approximate surface area is 111 Å². The van der Waals surface area contributed by atoms with Gasteiger partial charge in [-0.1, -0.05) is 6.92 Å². The molecule has 0 bridgehead atoms. The predicted molar refractivity (Wildman–Crippen MR) is 70.1 cm³/mol. The summed E-state index contributed by atoms with van der Waals surface area (Å²) in [6, 6.07) is 0.0694. The molecule has 0 aliphatic carbocycles. The van der Waals surface area contributed by atoms with Crippen LogP contribution in [0, 0.1) is 0 Å². The second kappa shape index (κ2) is 7.01. The van der Waals surface area contributed by atoms with Crippen LogP contribution in [0.4, 0.5) is 11.9 Å². The molecule has 0 saturated heterocycles. The maximum Gasteiger partial charge on any atom is 0.322 e. The third-order valence-corrected chi connectivity index (χ3v) is 3.41. The number of rotatable bonds is 8. The highest BCUT2D eigenvalue weighted by molar-refractivity contribution is 7.89. The molecule has 108 valence electrons. The first-order valence-electron chi connectivity index (χ1n) is 5.48. The van der Waals surface area contributed by atoms with Crippen molar-refractivity contribution >= 4 is 21.9 Å². The van der Waals surface area contributed by atoms with Crippen molar-refractivity contribution in [3.63, 3.8) is 0 Å². The fourth-order valence-corrected chi connectivity index (χ4v) is 2.14. The van der Waals surface area contributed by atoms with E-state index in [-0.39, 0.29) is 30.2 Å². The highest BCUT2D eigenvalue weighted by Gasteiger charge is 2.09. The van der Waals surface area contributed by atoms with E-state index in [0.717, 1.165) is 0 Å². The number of nitrogens with zero attached hydrogens (tertiary/aromatic N) is 3. The number of anilines is 2. The van der Waals surface area contributed by atoms with E-state index >= 15 is 0 Å². The number of hydrogen-bond donors (Lipinski definition) is 4. The van der Waals surface area contributed by atoms with Crippen molar-refractivity contribution in [2.24, 2.45) is 5.84 Å². The molecule has 0 aliphatic heterocycles. The van der Waals surface area contributed by atoms with Crippen LogP contribution >= 0.6 is 0 Å². The molecule has 0 aromatic carbocycles. The summed E-state index contributed by atoms with van der Waals surface area (Å²) in [4.78, 5) is 11.6.